The lowest BCUT2D eigenvalue weighted by atomic mass is 10.3. The van der Waals surface area contributed by atoms with E-state index in [0.29, 0.717) is 11.4 Å². The second-order valence-electron chi connectivity index (χ2n) is 3.74. The number of azide groups is 1. The molecular weight excluding hydrogens is 296 g/mol. The van der Waals surface area contributed by atoms with Crippen LogP contribution in [0.3, 0.4) is 0 Å². The highest BCUT2D eigenvalue weighted by atomic mass is 32.2. The average Bonchev–Trinajstić information content (AvgIpc) is 2.48. The van der Waals surface area contributed by atoms with E-state index in [4.69, 9.17) is 10.3 Å². The normalized spacial score (nSPS) is 10.5. The smallest absolute Gasteiger partial charge is 0.264 e. The summed E-state index contributed by atoms with van der Waals surface area (Å²) in [7, 11) is -2.36. The number of methoxy groups -OCH3 is 1. The standard InChI is InChI=1S/C11H10N6O3S/c1-20-9-6-13-11(14-7-9)16-21(18,19)10-4-2-8(3-5-10)15-17-12/h2-7H,1H3,(H,13,14,16). The third-order valence-electron chi connectivity index (χ3n) is 2.40. The maximum atomic E-state index is 12.1. The third-order valence-corrected chi connectivity index (χ3v) is 3.74. The lowest BCUT2D eigenvalue weighted by Crippen LogP contribution is -2.14. The van der Waals surface area contributed by atoms with Gasteiger partial charge in [0, 0.05) is 10.6 Å². The molecule has 2 aromatic rings. The van der Waals surface area contributed by atoms with Gasteiger partial charge in [-0.15, -0.1) is 0 Å². The van der Waals surface area contributed by atoms with Crippen LogP contribution in [0, 0.1) is 0 Å². The van der Waals surface area contributed by atoms with Crippen LogP contribution in [0.1, 0.15) is 0 Å². The fourth-order valence-corrected chi connectivity index (χ4v) is 2.36. The van der Waals surface area contributed by atoms with E-state index in [2.05, 4.69) is 24.7 Å². The van der Waals surface area contributed by atoms with Gasteiger partial charge in [0.2, 0.25) is 5.95 Å². The number of rotatable bonds is 5. The topological polar surface area (TPSA) is 130 Å². The highest BCUT2D eigenvalue weighted by molar-refractivity contribution is 7.92. The van der Waals surface area contributed by atoms with E-state index in [9.17, 15) is 8.42 Å². The number of hydrogen-bond donors (Lipinski definition) is 1. The number of nitrogens with zero attached hydrogens (tertiary/aromatic N) is 5. The van der Waals surface area contributed by atoms with Crippen LogP contribution in [0.15, 0.2) is 46.7 Å². The van der Waals surface area contributed by atoms with Crippen LogP contribution in [-0.2, 0) is 10.0 Å². The van der Waals surface area contributed by atoms with Crippen molar-refractivity contribution in [3.8, 4) is 5.75 Å². The second kappa shape index (κ2) is 6.07. The Labute approximate surface area is 120 Å². The second-order valence-corrected chi connectivity index (χ2v) is 5.42. The first kappa shape index (κ1) is 14.6. The molecule has 0 bridgehead atoms. The van der Waals surface area contributed by atoms with E-state index in [1.807, 2.05) is 0 Å². The largest absolute Gasteiger partial charge is 0.494 e. The van der Waals surface area contributed by atoms with Gasteiger partial charge in [-0.1, -0.05) is 17.2 Å². The van der Waals surface area contributed by atoms with E-state index in [-0.39, 0.29) is 10.8 Å². The number of benzene rings is 1. The first-order chi connectivity index (χ1) is 10.0. The van der Waals surface area contributed by atoms with Crippen molar-refractivity contribution in [2.75, 3.05) is 11.8 Å². The van der Waals surface area contributed by atoms with Crippen LogP contribution in [0.2, 0.25) is 0 Å². The predicted molar refractivity (Wildman–Crippen MR) is 74.6 cm³/mol. The summed E-state index contributed by atoms with van der Waals surface area (Å²) in [4.78, 5) is 10.2. The monoisotopic (exact) mass is 306 g/mol. The molecular formula is C11H10N6O3S. The van der Waals surface area contributed by atoms with Crippen molar-refractivity contribution in [1.82, 2.24) is 9.97 Å². The first-order valence-electron chi connectivity index (χ1n) is 5.59. The summed E-state index contributed by atoms with van der Waals surface area (Å²) in [6.45, 7) is 0. The lowest BCUT2D eigenvalue weighted by Gasteiger charge is -2.07. The molecule has 0 aliphatic heterocycles. The van der Waals surface area contributed by atoms with Crippen molar-refractivity contribution in [1.29, 1.82) is 0 Å². The van der Waals surface area contributed by atoms with E-state index in [1.54, 1.807) is 0 Å². The molecule has 21 heavy (non-hydrogen) atoms. The Morgan fingerprint density at radius 3 is 2.38 bits per heavy atom. The van der Waals surface area contributed by atoms with Gasteiger partial charge in [-0.05, 0) is 17.7 Å². The molecule has 0 amide bonds. The molecule has 1 aromatic heterocycles. The van der Waals surface area contributed by atoms with Gasteiger partial charge < -0.3 is 4.74 Å². The summed E-state index contributed by atoms with van der Waals surface area (Å²) < 4.78 is 31.3. The van der Waals surface area contributed by atoms with Crippen molar-refractivity contribution in [3.05, 3.63) is 47.1 Å². The maximum Gasteiger partial charge on any atom is 0.264 e. The van der Waals surface area contributed by atoms with Crippen LogP contribution in [-0.4, -0.2) is 25.5 Å². The molecule has 9 nitrogen and oxygen atoms in total. The molecule has 0 spiro atoms. The molecule has 1 heterocycles. The fraction of sp³-hybridized carbons (Fsp3) is 0.0909. The lowest BCUT2D eigenvalue weighted by molar-refractivity contribution is 0.411. The Hall–Kier alpha value is -2.84. The third kappa shape index (κ3) is 3.59. The quantitative estimate of drug-likeness (QED) is 0.514. The van der Waals surface area contributed by atoms with E-state index >= 15 is 0 Å². The molecule has 108 valence electrons. The molecule has 0 saturated heterocycles. The SMILES string of the molecule is COc1cnc(NS(=O)(=O)c2ccc(N=[N+]=[N-])cc2)nc1. The number of hydrogen-bond acceptors (Lipinski definition) is 6. The van der Waals surface area contributed by atoms with Gasteiger partial charge in [-0.25, -0.2) is 23.1 Å². The van der Waals surface area contributed by atoms with Gasteiger partial charge in [0.15, 0.2) is 5.75 Å². The minimum atomic E-state index is -3.82. The zero-order valence-electron chi connectivity index (χ0n) is 10.8. The molecule has 1 N–H and O–H groups in total. The number of anilines is 1. The van der Waals surface area contributed by atoms with E-state index in [1.165, 1.54) is 43.8 Å². The van der Waals surface area contributed by atoms with Crippen LogP contribution in [0.5, 0.6) is 5.75 Å². The molecule has 2 rings (SSSR count). The summed E-state index contributed by atoms with van der Waals surface area (Å²) in [5.41, 5.74) is 8.60. The molecule has 0 aliphatic carbocycles. The summed E-state index contributed by atoms with van der Waals surface area (Å²) in [5, 5.41) is 3.36. The number of sulfonamides is 1. The van der Waals surface area contributed by atoms with Crippen molar-refractivity contribution >= 4 is 21.7 Å². The number of aromatic nitrogens is 2. The summed E-state index contributed by atoms with van der Waals surface area (Å²) >= 11 is 0. The van der Waals surface area contributed by atoms with Gasteiger partial charge in [0.25, 0.3) is 10.0 Å². The van der Waals surface area contributed by atoms with Gasteiger partial charge in [-0.3, -0.25) is 0 Å². The highest BCUT2D eigenvalue weighted by Gasteiger charge is 2.15. The summed E-state index contributed by atoms with van der Waals surface area (Å²) in [5.74, 6) is 0.339. The molecule has 0 atom stereocenters. The number of ether oxygens (including phenoxy) is 1. The van der Waals surface area contributed by atoms with Crippen LogP contribution >= 0.6 is 0 Å². The zero-order chi connectivity index (χ0) is 15.3. The van der Waals surface area contributed by atoms with E-state index < -0.39 is 10.0 Å². The predicted octanol–water partition coefficient (Wildman–Crippen LogP) is 2.23. The Kier molecular flexibility index (Phi) is 4.21. The van der Waals surface area contributed by atoms with Gasteiger partial charge in [0.05, 0.1) is 24.4 Å². The van der Waals surface area contributed by atoms with Gasteiger partial charge >= 0.3 is 0 Å². The Morgan fingerprint density at radius 2 is 1.86 bits per heavy atom. The first-order valence-corrected chi connectivity index (χ1v) is 7.07. The summed E-state index contributed by atoms with van der Waals surface area (Å²) in [6.07, 6.45) is 2.69. The minimum absolute atomic E-state index is 0.00110. The molecule has 0 unspecified atom stereocenters. The van der Waals surface area contributed by atoms with Crippen LogP contribution in [0.25, 0.3) is 10.4 Å². The molecule has 0 aliphatic rings. The molecule has 0 saturated carbocycles. The highest BCUT2D eigenvalue weighted by Crippen LogP contribution is 2.18. The Bertz CT molecular complexity index is 767. The van der Waals surface area contributed by atoms with Gasteiger partial charge in [-0.2, -0.15) is 0 Å². The van der Waals surface area contributed by atoms with Crippen LogP contribution in [0.4, 0.5) is 11.6 Å². The Balaban J connectivity index is 2.22. The van der Waals surface area contributed by atoms with Crippen molar-refractivity contribution < 1.29 is 13.2 Å². The van der Waals surface area contributed by atoms with Crippen LogP contribution < -0.4 is 9.46 Å². The average molecular weight is 306 g/mol. The Morgan fingerprint density at radius 1 is 1.24 bits per heavy atom. The zero-order valence-corrected chi connectivity index (χ0v) is 11.6. The molecule has 0 radical (unpaired) electrons. The number of nitrogens with one attached hydrogen (secondary N) is 1. The maximum absolute atomic E-state index is 12.1. The van der Waals surface area contributed by atoms with Crippen molar-refractivity contribution in [3.63, 3.8) is 0 Å². The van der Waals surface area contributed by atoms with E-state index in [0.717, 1.165) is 0 Å². The minimum Gasteiger partial charge on any atom is -0.494 e. The summed E-state index contributed by atoms with van der Waals surface area (Å²) in [6, 6.07) is 5.41. The van der Waals surface area contributed by atoms with Crippen molar-refractivity contribution in [2.24, 2.45) is 5.11 Å². The fourth-order valence-electron chi connectivity index (χ4n) is 1.40. The molecule has 10 heteroatoms. The van der Waals surface area contributed by atoms with Crippen molar-refractivity contribution in [2.45, 2.75) is 4.90 Å². The molecule has 0 fully saturated rings. The van der Waals surface area contributed by atoms with Gasteiger partial charge in [0.1, 0.15) is 0 Å². The molecule has 1 aromatic carbocycles.